The van der Waals surface area contributed by atoms with E-state index in [0.717, 1.165) is 37.3 Å². The zero-order valence-electron chi connectivity index (χ0n) is 17.5. The number of hydrogen-bond acceptors (Lipinski definition) is 7. The molecule has 3 heterocycles. The van der Waals surface area contributed by atoms with Crippen LogP contribution in [0.3, 0.4) is 0 Å². The van der Waals surface area contributed by atoms with Gasteiger partial charge >= 0.3 is 6.43 Å². The third-order valence-electron chi connectivity index (χ3n) is 5.41. The predicted molar refractivity (Wildman–Crippen MR) is 114 cm³/mol. The van der Waals surface area contributed by atoms with Gasteiger partial charge in [0.1, 0.15) is 11.5 Å². The summed E-state index contributed by atoms with van der Waals surface area (Å²) in [6.07, 6.45) is -1.00. The highest BCUT2D eigenvalue weighted by Gasteiger charge is 2.18. The van der Waals surface area contributed by atoms with E-state index in [2.05, 4.69) is 25.8 Å². The first-order valence-electron chi connectivity index (χ1n) is 10.4. The lowest BCUT2D eigenvalue weighted by Gasteiger charge is -2.29. The molecular formula is C22H20F3N7O. The van der Waals surface area contributed by atoms with Crippen LogP contribution in [0.1, 0.15) is 17.9 Å². The fourth-order valence-electron chi connectivity index (χ4n) is 3.71. The van der Waals surface area contributed by atoms with Gasteiger partial charge in [-0.1, -0.05) is 17.3 Å². The van der Waals surface area contributed by atoms with Gasteiger partial charge in [-0.3, -0.25) is 0 Å². The van der Waals surface area contributed by atoms with E-state index in [1.807, 2.05) is 23.1 Å². The van der Waals surface area contributed by atoms with Crippen LogP contribution in [0.15, 0.2) is 53.1 Å². The monoisotopic (exact) mass is 455 g/mol. The Morgan fingerprint density at radius 2 is 1.73 bits per heavy atom. The Labute approximate surface area is 187 Å². The molecule has 1 saturated heterocycles. The molecule has 0 spiro atoms. The quantitative estimate of drug-likeness (QED) is 0.476. The van der Waals surface area contributed by atoms with Crippen LogP contribution in [0.2, 0.25) is 0 Å². The summed E-state index contributed by atoms with van der Waals surface area (Å²) in [4.78, 5) is 2.02. The fourth-order valence-corrected chi connectivity index (χ4v) is 3.71. The maximum atomic E-state index is 14.4. The molecule has 1 fully saturated rings. The van der Waals surface area contributed by atoms with Gasteiger partial charge in [0.2, 0.25) is 5.89 Å². The first kappa shape index (κ1) is 21.1. The van der Waals surface area contributed by atoms with E-state index in [0.29, 0.717) is 23.5 Å². The molecule has 1 aliphatic rings. The average Bonchev–Trinajstić information content (AvgIpc) is 3.51. The normalized spacial score (nSPS) is 14.2. The first-order chi connectivity index (χ1) is 16.1. The highest BCUT2D eigenvalue weighted by atomic mass is 19.3. The Balaban J connectivity index is 1.30. The first-order valence-corrected chi connectivity index (χ1v) is 10.4. The lowest BCUT2D eigenvalue weighted by molar-refractivity contribution is 0.116. The number of alkyl halides is 2. The van der Waals surface area contributed by atoms with Crippen molar-refractivity contribution in [3.63, 3.8) is 0 Å². The molecule has 2 aromatic carbocycles. The van der Waals surface area contributed by atoms with Crippen molar-refractivity contribution < 1.29 is 17.6 Å². The molecule has 0 atom stereocenters. The predicted octanol–water partition coefficient (Wildman–Crippen LogP) is 3.53. The zero-order valence-corrected chi connectivity index (χ0v) is 17.5. The second-order valence-electron chi connectivity index (χ2n) is 7.65. The molecule has 0 unspecified atom stereocenters. The highest BCUT2D eigenvalue weighted by Crippen LogP contribution is 2.27. The van der Waals surface area contributed by atoms with E-state index in [-0.39, 0.29) is 11.7 Å². The molecule has 5 rings (SSSR count). The summed E-state index contributed by atoms with van der Waals surface area (Å²) in [5.41, 5.74) is 3.47. The van der Waals surface area contributed by atoms with Gasteiger partial charge in [0.15, 0.2) is 0 Å². The number of aromatic nitrogens is 5. The van der Waals surface area contributed by atoms with Gasteiger partial charge in [-0.25, -0.2) is 9.07 Å². The minimum absolute atomic E-state index is 0.0384. The Morgan fingerprint density at radius 1 is 0.970 bits per heavy atom. The summed E-state index contributed by atoms with van der Waals surface area (Å²) in [6, 6.07) is 12.0. The van der Waals surface area contributed by atoms with Crippen LogP contribution in [-0.4, -0.2) is 51.4 Å². The molecule has 0 aliphatic carbocycles. The van der Waals surface area contributed by atoms with Gasteiger partial charge in [-0.2, -0.15) is 8.78 Å². The van der Waals surface area contributed by atoms with Gasteiger partial charge in [0.05, 0.1) is 18.4 Å². The number of piperazine rings is 1. The Morgan fingerprint density at radius 3 is 2.45 bits per heavy atom. The molecule has 170 valence electrons. The maximum absolute atomic E-state index is 14.4. The lowest BCUT2D eigenvalue weighted by atomic mass is 10.1. The van der Waals surface area contributed by atoms with Crippen LogP contribution in [0.4, 0.5) is 18.9 Å². The molecule has 33 heavy (non-hydrogen) atoms. The molecular weight excluding hydrogens is 435 g/mol. The van der Waals surface area contributed by atoms with Gasteiger partial charge in [0, 0.05) is 37.3 Å². The lowest BCUT2D eigenvalue weighted by Crippen LogP contribution is -2.43. The van der Waals surface area contributed by atoms with E-state index < -0.39 is 12.3 Å². The van der Waals surface area contributed by atoms with Crippen LogP contribution in [0.5, 0.6) is 0 Å². The van der Waals surface area contributed by atoms with Gasteiger partial charge < -0.3 is 14.6 Å². The third-order valence-corrected chi connectivity index (χ3v) is 5.41. The minimum atomic E-state index is -2.80. The number of nitrogens with zero attached hydrogens (tertiary/aromatic N) is 6. The summed E-state index contributed by atoms with van der Waals surface area (Å²) in [5.74, 6) is -0.920. The third kappa shape index (κ3) is 4.58. The summed E-state index contributed by atoms with van der Waals surface area (Å²) in [5, 5.41) is 18.7. The highest BCUT2D eigenvalue weighted by molar-refractivity contribution is 5.65. The van der Waals surface area contributed by atoms with Crippen LogP contribution >= 0.6 is 0 Å². The Kier molecular flexibility index (Phi) is 5.78. The largest absolute Gasteiger partial charge is 0.415 e. The van der Waals surface area contributed by atoms with Gasteiger partial charge in [-0.15, -0.1) is 15.3 Å². The smallest absolute Gasteiger partial charge is 0.314 e. The zero-order chi connectivity index (χ0) is 22.8. The second-order valence-corrected chi connectivity index (χ2v) is 7.65. The SMILES string of the molecule is Fc1ccc(-c2cn(Cc3ccc(-c4nnc(C(F)F)o4)cc3)nn2)cc1N1CCNCC1. The molecule has 1 N–H and O–H groups in total. The van der Waals surface area contributed by atoms with Crippen molar-refractivity contribution in [3.05, 3.63) is 65.9 Å². The van der Waals surface area contributed by atoms with Gasteiger partial charge in [-0.05, 0) is 35.9 Å². The van der Waals surface area contributed by atoms with Crippen LogP contribution in [-0.2, 0) is 6.54 Å². The Hall–Kier alpha value is -3.73. The molecule has 1 aliphatic heterocycles. The van der Waals surface area contributed by atoms with Crippen molar-refractivity contribution in [2.24, 2.45) is 0 Å². The van der Waals surface area contributed by atoms with Crippen LogP contribution in [0.25, 0.3) is 22.7 Å². The van der Waals surface area contributed by atoms with E-state index in [9.17, 15) is 13.2 Å². The number of halogens is 3. The van der Waals surface area contributed by atoms with E-state index in [1.165, 1.54) is 6.07 Å². The standard InChI is InChI=1S/C22H20F3N7O/c23-17-6-5-16(11-19(17)31-9-7-26-8-10-31)18-13-32(30-27-18)12-14-1-3-15(4-2-14)21-28-29-22(33-21)20(24)25/h1-6,11,13,20,26H,7-10,12H2. The number of nitrogens with one attached hydrogen (secondary N) is 1. The van der Waals surface area contributed by atoms with Crippen molar-refractivity contribution in [2.45, 2.75) is 13.0 Å². The number of anilines is 1. The molecule has 11 heteroatoms. The topological polar surface area (TPSA) is 84.9 Å². The van der Waals surface area contributed by atoms with Crippen molar-refractivity contribution in [3.8, 4) is 22.7 Å². The fraction of sp³-hybridized carbons (Fsp3) is 0.273. The van der Waals surface area contributed by atoms with Gasteiger partial charge in [0.25, 0.3) is 5.89 Å². The average molecular weight is 455 g/mol. The number of benzene rings is 2. The molecule has 0 bridgehead atoms. The number of hydrogen-bond donors (Lipinski definition) is 1. The second kappa shape index (κ2) is 9.02. The maximum Gasteiger partial charge on any atom is 0.314 e. The van der Waals surface area contributed by atoms with Crippen molar-refractivity contribution in [1.29, 1.82) is 0 Å². The molecule has 2 aromatic heterocycles. The molecule has 4 aromatic rings. The van der Waals surface area contributed by atoms with Crippen LogP contribution < -0.4 is 10.2 Å². The van der Waals surface area contributed by atoms with Crippen LogP contribution in [0, 0.1) is 5.82 Å². The van der Waals surface area contributed by atoms with Crippen molar-refractivity contribution >= 4 is 5.69 Å². The van der Waals surface area contributed by atoms with E-state index in [1.54, 1.807) is 29.1 Å². The summed E-state index contributed by atoms with van der Waals surface area (Å²) >= 11 is 0. The molecule has 8 nitrogen and oxygen atoms in total. The van der Waals surface area contributed by atoms with E-state index in [4.69, 9.17) is 4.42 Å². The molecule has 0 saturated carbocycles. The molecule has 0 radical (unpaired) electrons. The minimum Gasteiger partial charge on any atom is -0.415 e. The molecule has 0 amide bonds. The summed E-state index contributed by atoms with van der Waals surface area (Å²) < 4.78 is 46.3. The van der Waals surface area contributed by atoms with Crippen molar-refractivity contribution in [1.82, 2.24) is 30.5 Å². The van der Waals surface area contributed by atoms with Crippen molar-refractivity contribution in [2.75, 3.05) is 31.1 Å². The van der Waals surface area contributed by atoms with E-state index >= 15 is 0 Å². The summed E-state index contributed by atoms with van der Waals surface area (Å²) in [7, 11) is 0. The Bertz CT molecular complexity index is 1230. The number of rotatable bonds is 6. The summed E-state index contributed by atoms with van der Waals surface area (Å²) in [6.45, 7) is 3.58.